The lowest BCUT2D eigenvalue weighted by Crippen LogP contribution is -2.48. The molecule has 6 aromatic carbocycles. The molecular formula is C35H21N3O5. The van der Waals surface area contributed by atoms with Crippen molar-refractivity contribution in [3.63, 3.8) is 0 Å². The predicted octanol–water partition coefficient (Wildman–Crippen LogP) is 6.46. The zero-order chi connectivity index (χ0) is 29.7. The van der Waals surface area contributed by atoms with Crippen LogP contribution in [0.5, 0.6) is 0 Å². The maximum absolute atomic E-state index is 13.8. The Morgan fingerprint density at radius 1 is 0.628 bits per heavy atom. The van der Waals surface area contributed by atoms with Gasteiger partial charge in [0.15, 0.2) is 5.69 Å². The Kier molecular flexibility index (Phi) is 5.06. The largest absolute Gasteiger partial charge is 0.394 e. The van der Waals surface area contributed by atoms with Crippen LogP contribution in [0.1, 0.15) is 54.8 Å². The van der Waals surface area contributed by atoms with Gasteiger partial charge in [-0.2, -0.15) is 0 Å². The van der Waals surface area contributed by atoms with E-state index >= 15 is 0 Å². The molecule has 0 radical (unpaired) electrons. The third-order valence-electron chi connectivity index (χ3n) is 8.95. The van der Waals surface area contributed by atoms with Crippen LogP contribution in [0.4, 0.5) is 11.4 Å². The van der Waals surface area contributed by atoms with Crippen molar-refractivity contribution in [2.45, 2.75) is 19.4 Å². The Balaban J connectivity index is 1.40. The molecule has 0 saturated carbocycles. The molecule has 0 aromatic heterocycles. The standard InChI is InChI=1S/C35H21N3O5/c1-3-18(16-39)37-32(40)24-12-8-20-22-10-14-26-31-27(35(43)38(34(26)42)19-6-4-17(36-2)5-7-19)15-11-23(29(22)31)21-9-13-25(33(37)41)30(24)28(20)21/h4-15,18,39H,3,16H2,1H3. The maximum atomic E-state index is 13.8. The van der Waals surface area contributed by atoms with Gasteiger partial charge < -0.3 is 5.11 Å². The van der Waals surface area contributed by atoms with E-state index in [4.69, 9.17) is 6.57 Å². The molecule has 206 valence electrons. The molecule has 6 aromatic rings. The molecule has 1 N–H and O–H groups in total. The highest BCUT2D eigenvalue weighted by Gasteiger charge is 2.39. The van der Waals surface area contributed by atoms with E-state index in [9.17, 15) is 24.3 Å². The number of anilines is 1. The second-order valence-electron chi connectivity index (χ2n) is 10.9. The highest BCUT2D eigenvalue weighted by molar-refractivity contribution is 6.43. The highest BCUT2D eigenvalue weighted by Crippen LogP contribution is 2.46. The average molecular weight is 564 g/mol. The van der Waals surface area contributed by atoms with Gasteiger partial charge in [-0.1, -0.05) is 43.3 Å². The van der Waals surface area contributed by atoms with E-state index in [1.165, 1.54) is 4.90 Å². The Hall–Kier alpha value is -5.65. The Labute approximate surface area is 244 Å². The molecule has 2 heterocycles. The molecular weight excluding hydrogens is 542 g/mol. The van der Waals surface area contributed by atoms with Gasteiger partial charge in [0.05, 0.1) is 19.2 Å². The van der Waals surface area contributed by atoms with E-state index in [1.807, 2.05) is 31.2 Å². The van der Waals surface area contributed by atoms with Crippen LogP contribution in [0, 0.1) is 6.57 Å². The van der Waals surface area contributed by atoms with E-state index < -0.39 is 29.7 Å². The second-order valence-corrected chi connectivity index (χ2v) is 10.9. The van der Waals surface area contributed by atoms with E-state index in [1.54, 1.807) is 48.5 Å². The van der Waals surface area contributed by atoms with Crippen LogP contribution in [0.15, 0.2) is 72.8 Å². The van der Waals surface area contributed by atoms with E-state index in [0.717, 1.165) is 37.2 Å². The normalized spacial score (nSPS) is 15.4. The van der Waals surface area contributed by atoms with E-state index in [0.29, 0.717) is 50.8 Å². The molecule has 0 saturated heterocycles. The lowest BCUT2D eigenvalue weighted by atomic mass is 9.82. The van der Waals surface area contributed by atoms with Gasteiger partial charge in [-0.3, -0.25) is 24.1 Å². The topological polar surface area (TPSA) is 99.3 Å². The van der Waals surface area contributed by atoms with Crippen LogP contribution in [0.25, 0.3) is 47.9 Å². The fourth-order valence-corrected chi connectivity index (χ4v) is 6.92. The fourth-order valence-electron chi connectivity index (χ4n) is 6.92. The maximum Gasteiger partial charge on any atom is 0.265 e. The Morgan fingerprint density at radius 2 is 1.05 bits per heavy atom. The van der Waals surface area contributed by atoms with Crippen molar-refractivity contribution in [2.24, 2.45) is 0 Å². The van der Waals surface area contributed by atoms with E-state index in [2.05, 4.69) is 4.85 Å². The van der Waals surface area contributed by atoms with Gasteiger partial charge in [-0.25, -0.2) is 9.74 Å². The Morgan fingerprint density at radius 3 is 1.42 bits per heavy atom. The number of imide groups is 2. The van der Waals surface area contributed by atoms with Crippen LogP contribution in [0.3, 0.4) is 0 Å². The minimum absolute atomic E-state index is 0.316. The van der Waals surface area contributed by atoms with Crippen molar-refractivity contribution in [1.82, 2.24) is 4.90 Å². The summed E-state index contributed by atoms with van der Waals surface area (Å²) < 4.78 is 0. The third-order valence-corrected chi connectivity index (χ3v) is 8.95. The van der Waals surface area contributed by atoms with Crippen LogP contribution >= 0.6 is 0 Å². The number of aliphatic hydroxyl groups excluding tert-OH is 1. The van der Waals surface area contributed by atoms with Gasteiger partial charge in [-0.05, 0) is 75.1 Å². The number of fused-ring (bicyclic) bond motifs is 2. The summed E-state index contributed by atoms with van der Waals surface area (Å²) in [5.41, 5.74) is 2.40. The molecule has 8 rings (SSSR count). The summed E-state index contributed by atoms with van der Waals surface area (Å²) in [4.78, 5) is 60.6. The van der Waals surface area contributed by atoms with Gasteiger partial charge in [0.25, 0.3) is 23.6 Å². The summed E-state index contributed by atoms with van der Waals surface area (Å²) in [7, 11) is 0. The number of rotatable bonds is 4. The number of amides is 4. The highest BCUT2D eigenvalue weighted by atomic mass is 16.3. The number of carbonyl (C=O) groups excluding carboxylic acids is 4. The van der Waals surface area contributed by atoms with Crippen LogP contribution < -0.4 is 4.90 Å². The van der Waals surface area contributed by atoms with Gasteiger partial charge in [0.1, 0.15) is 0 Å². The van der Waals surface area contributed by atoms with Crippen molar-refractivity contribution >= 4 is 78.1 Å². The van der Waals surface area contributed by atoms with Crippen molar-refractivity contribution in [3.05, 3.63) is 106 Å². The monoisotopic (exact) mass is 563 g/mol. The molecule has 4 amide bonds. The summed E-state index contributed by atoms with van der Waals surface area (Å²) in [6, 6.07) is 20.1. The summed E-state index contributed by atoms with van der Waals surface area (Å²) in [5, 5.41) is 15.8. The lowest BCUT2D eigenvalue weighted by Gasteiger charge is -2.33. The number of hydrogen-bond acceptors (Lipinski definition) is 5. The number of carbonyl (C=O) groups is 4. The minimum atomic E-state index is -0.618. The first-order valence-electron chi connectivity index (χ1n) is 13.9. The van der Waals surface area contributed by atoms with E-state index in [-0.39, 0.29) is 6.61 Å². The molecule has 2 aliphatic rings. The smallest absolute Gasteiger partial charge is 0.265 e. The van der Waals surface area contributed by atoms with Crippen molar-refractivity contribution in [1.29, 1.82) is 0 Å². The van der Waals surface area contributed by atoms with Gasteiger partial charge in [0.2, 0.25) is 0 Å². The lowest BCUT2D eigenvalue weighted by molar-refractivity contribution is 0.0465. The van der Waals surface area contributed by atoms with Gasteiger partial charge in [0, 0.05) is 38.7 Å². The van der Waals surface area contributed by atoms with Gasteiger partial charge >= 0.3 is 0 Å². The molecule has 8 heteroatoms. The molecule has 0 bridgehead atoms. The molecule has 43 heavy (non-hydrogen) atoms. The Bertz CT molecular complexity index is 2190. The van der Waals surface area contributed by atoms with Crippen molar-refractivity contribution < 1.29 is 24.3 Å². The number of aliphatic hydroxyl groups is 1. The van der Waals surface area contributed by atoms with Crippen LogP contribution in [-0.2, 0) is 0 Å². The molecule has 0 spiro atoms. The summed E-state index contributed by atoms with van der Waals surface area (Å²) in [5.74, 6) is -1.75. The molecule has 0 fully saturated rings. The quantitative estimate of drug-likeness (QED) is 0.115. The number of hydrogen-bond donors (Lipinski definition) is 1. The first-order chi connectivity index (χ1) is 20.9. The number of benzene rings is 6. The van der Waals surface area contributed by atoms with Gasteiger partial charge in [-0.15, -0.1) is 0 Å². The summed E-state index contributed by atoms with van der Waals surface area (Å²) >= 11 is 0. The average Bonchev–Trinajstić information content (AvgIpc) is 3.04. The zero-order valence-electron chi connectivity index (χ0n) is 22.8. The second kappa shape index (κ2) is 8.68. The zero-order valence-corrected chi connectivity index (χ0v) is 22.8. The fraction of sp³-hybridized carbons (Fsp3) is 0.114. The van der Waals surface area contributed by atoms with Crippen LogP contribution in [0.2, 0.25) is 0 Å². The predicted molar refractivity (Wildman–Crippen MR) is 163 cm³/mol. The molecule has 2 aliphatic heterocycles. The SMILES string of the molecule is [C-]#[N+]c1ccc(N2C(=O)c3ccc4c5ccc6c7c(ccc(c8ccc(c3c48)C2=O)c75)C(=O)N(C(CC)CO)C6=O)cc1. The van der Waals surface area contributed by atoms with Crippen molar-refractivity contribution in [2.75, 3.05) is 11.5 Å². The molecule has 8 nitrogen and oxygen atoms in total. The third kappa shape index (κ3) is 3.06. The molecule has 0 aliphatic carbocycles. The number of nitrogens with zero attached hydrogens (tertiary/aromatic N) is 3. The molecule has 1 unspecified atom stereocenters. The summed E-state index contributed by atoms with van der Waals surface area (Å²) in [6.07, 6.45) is 0.434. The van der Waals surface area contributed by atoms with Crippen LogP contribution in [-0.4, -0.2) is 46.3 Å². The van der Waals surface area contributed by atoms with Crippen molar-refractivity contribution in [3.8, 4) is 0 Å². The summed E-state index contributed by atoms with van der Waals surface area (Å²) in [6.45, 7) is 8.71. The molecule has 1 atom stereocenters. The first-order valence-corrected chi connectivity index (χ1v) is 13.9. The minimum Gasteiger partial charge on any atom is -0.394 e. The first kappa shape index (κ1) is 25.1.